The van der Waals surface area contributed by atoms with Crippen molar-refractivity contribution >= 4 is 22.6 Å². The molecular weight excluding hydrogens is 332 g/mol. The molecule has 0 aromatic heterocycles. The molecule has 1 atom stereocenters. The largest absolute Gasteiger partial charge is 0.407 e. The van der Waals surface area contributed by atoms with Crippen LogP contribution in [0.15, 0.2) is 12.1 Å². The molecule has 15 heavy (non-hydrogen) atoms. The lowest BCUT2D eigenvalue weighted by Crippen LogP contribution is -2.28. The standard InChI is InChI=1S/C8H5F5IN/c9-4-1-3(2-5(10)6(4)14)7(15)8(11,12)13/h1-2,7H,15H2/t7-/m0/s1. The van der Waals surface area contributed by atoms with Gasteiger partial charge in [0.1, 0.15) is 17.7 Å². The lowest BCUT2D eigenvalue weighted by Gasteiger charge is -2.16. The molecule has 0 aliphatic rings. The Hall–Kier alpha value is -0.440. The van der Waals surface area contributed by atoms with Gasteiger partial charge in [0.05, 0.1) is 3.57 Å². The molecule has 0 spiro atoms. The Balaban J connectivity index is 3.17. The Morgan fingerprint density at radius 2 is 1.53 bits per heavy atom. The monoisotopic (exact) mass is 337 g/mol. The normalized spacial score (nSPS) is 14.1. The number of halogens is 6. The highest BCUT2D eigenvalue weighted by Crippen LogP contribution is 2.32. The first kappa shape index (κ1) is 12.6. The Kier molecular flexibility index (Phi) is 3.54. The van der Waals surface area contributed by atoms with Crippen LogP contribution in [0.25, 0.3) is 0 Å². The van der Waals surface area contributed by atoms with E-state index in [2.05, 4.69) is 0 Å². The number of hydrogen-bond donors (Lipinski definition) is 1. The second kappa shape index (κ2) is 4.20. The van der Waals surface area contributed by atoms with E-state index >= 15 is 0 Å². The fraction of sp³-hybridized carbons (Fsp3) is 0.250. The summed E-state index contributed by atoms with van der Waals surface area (Å²) in [6.45, 7) is 0. The van der Waals surface area contributed by atoms with Gasteiger partial charge in [-0.3, -0.25) is 0 Å². The van der Waals surface area contributed by atoms with Crippen LogP contribution in [0.3, 0.4) is 0 Å². The minimum Gasteiger partial charge on any atom is -0.316 e. The van der Waals surface area contributed by atoms with Gasteiger partial charge in [-0.05, 0) is 40.3 Å². The Bertz CT molecular complexity index is 353. The molecule has 0 aliphatic carbocycles. The molecule has 0 bridgehead atoms. The third-order valence-electron chi connectivity index (χ3n) is 1.72. The maximum atomic E-state index is 12.9. The topological polar surface area (TPSA) is 26.0 Å². The fourth-order valence-electron chi connectivity index (χ4n) is 0.944. The van der Waals surface area contributed by atoms with E-state index in [9.17, 15) is 22.0 Å². The van der Waals surface area contributed by atoms with Gasteiger partial charge in [0.15, 0.2) is 0 Å². The third kappa shape index (κ3) is 2.77. The Labute approximate surface area is 95.6 Å². The van der Waals surface area contributed by atoms with Gasteiger partial charge in [-0.15, -0.1) is 0 Å². The molecule has 1 nitrogen and oxygen atoms in total. The summed E-state index contributed by atoms with van der Waals surface area (Å²) in [5.41, 5.74) is 4.17. The number of alkyl halides is 3. The Morgan fingerprint density at radius 3 is 1.87 bits per heavy atom. The summed E-state index contributed by atoms with van der Waals surface area (Å²) in [6, 6.07) is -1.20. The van der Waals surface area contributed by atoms with Crippen LogP contribution in [0.5, 0.6) is 0 Å². The lowest BCUT2D eigenvalue weighted by atomic mass is 10.1. The van der Waals surface area contributed by atoms with Crippen LogP contribution in [0.1, 0.15) is 11.6 Å². The van der Waals surface area contributed by atoms with Gasteiger partial charge in [0, 0.05) is 0 Å². The van der Waals surface area contributed by atoms with E-state index < -0.39 is 29.4 Å². The summed E-state index contributed by atoms with van der Waals surface area (Å²) in [4.78, 5) is 0. The summed E-state index contributed by atoms with van der Waals surface area (Å²) < 4.78 is 61.9. The average molecular weight is 337 g/mol. The first-order valence-electron chi connectivity index (χ1n) is 3.70. The third-order valence-corrected chi connectivity index (χ3v) is 2.75. The summed E-state index contributed by atoms with van der Waals surface area (Å²) in [7, 11) is 0. The summed E-state index contributed by atoms with van der Waals surface area (Å²) in [5.74, 6) is -2.10. The molecule has 7 heteroatoms. The van der Waals surface area contributed by atoms with Crippen molar-refractivity contribution in [1.82, 2.24) is 0 Å². The molecule has 0 fully saturated rings. The number of nitrogens with two attached hydrogens (primary N) is 1. The van der Waals surface area contributed by atoms with Gasteiger partial charge >= 0.3 is 6.18 Å². The molecule has 2 N–H and O–H groups in total. The molecule has 1 rings (SSSR count). The van der Waals surface area contributed by atoms with Crippen molar-refractivity contribution in [3.63, 3.8) is 0 Å². The smallest absolute Gasteiger partial charge is 0.316 e. The van der Waals surface area contributed by atoms with E-state index in [0.717, 1.165) is 0 Å². The predicted octanol–water partition coefficient (Wildman–Crippen LogP) is 3.13. The fourth-order valence-corrected chi connectivity index (χ4v) is 1.26. The molecule has 0 heterocycles. The first-order chi connectivity index (χ1) is 6.73. The lowest BCUT2D eigenvalue weighted by molar-refractivity contribution is -0.149. The minimum atomic E-state index is -4.72. The second-order valence-corrected chi connectivity index (χ2v) is 3.90. The van der Waals surface area contributed by atoms with Crippen LogP contribution in [0.4, 0.5) is 22.0 Å². The van der Waals surface area contributed by atoms with E-state index in [-0.39, 0.29) is 3.57 Å². The van der Waals surface area contributed by atoms with E-state index in [1.165, 1.54) is 22.6 Å². The highest BCUT2D eigenvalue weighted by atomic mass is 127. The van der Waals surface area contributed by atoms with Gasteiger partial charge in [0.25, 0.3) is 0 Å². The zero-order valence-corrected chi connectivity index (χ0v) is 9.23. The van der Waals surface area contributed by atoms with Gasteiger partial charge in [-0.2, -0.15) is 13.2 Å². The SMILES string of the molecule is N[C@@H](c1cc(F)c(I)c(F)c1)C(F)(F)F. The first-order valence-corrected chi connectivity index (χ1v) is 4.78. The van der Waals surface area contributed by atoms with E-state index in [1.807, 2.05) is 0 Å². The van der Waals surface area contributed by atoms with Crippen molar-refractivity contribution < 1.29 is 22.0 Å². The van der Waals surface area contributed by atoms with Crippen LogP contribution in [-0.2, 0) is 0 Å². The van der Waals surface area contributed by atoms with Crippen LogP contribution < -0.4 is 5.73 Å². The van der Waals surface area contributed by atoms with E-state index in [0.29, 0.717) is 12.1 Å². The van der Waals surface area contributed by atoms with Crippen molar-refractivity contribution in [3.8, 4) is 0 Å². The van der Waals surface area contributed by atoms with Crippen LogP contribution in [0.2, 0.25) is 0 Å². The molecule has 0 amide bonds. The predicted molar refractivity (Wildman–Crippen MR) is 52.1 cm³/mol. The highest BCUT2D eigenvalue weighted by molar-refractivity contribution is 14.1. The van der Waals surface area contributed by atoms with E-state index in [4.69, 9.17) is 5.73 Å². The van der Waals surface area contributed by atoms with Crippen molar-refractivity contribution in [1.29, 1.82) is 0 Å². The summed E-state index contributed by atoms with van der Waals surface area (Å²) >= 11 is 1.36. The van der Waals surface area contributed by atoms with Crippen molar-refractivity contribution in [3.05, 3.63) is 32.9 Å². The van der Waals surface area contributed by atoms with Gasteiger partial charge in [-0.25, -0.2) is 8.78 Å². The zero-order valence-electron chi connectivity index (χ0n) is 7.08. The molecule has 0 saturated carbocycles. The molecule has 1 aromatic carbocycles. The average Bonchev–Trinajstić information content (AvgIpc) is 2.10. The number of hydrogen-bond acceptors (Lipinski definition) is 1. The molecule has 0 aliphatic heterocycles. The summed E-state index contributed by atoms with van der Waals surface area (Å²) in [5, 5.41) is 0. The molecule has 0 radical (unpaired) electrons. The van der Waals surface area contributed by atoms with E-state index in [1.54, 1.807) is 0 Å². The molecule has 0 saturated heterocycles. The zero-order chi connectivity index (χ0) is 11.8. The van der Waals surface area contributed by atoms with Crippen molar-refractivity contribution in [2.45, 2.75) is 12.2 Å². The van der Waals surface area contributed by atoms with Crippen molar-refractivity contribution in [2.24, 2.45) is 5.73 Å². The maximum absolute atomic E-state index is 12.9. The van der Waals surface area contributed by atoms with Gasteiger partial charge in [-0.1, -0.05) is 0 Å². The number of benzene rings is 1. The van der Waals surface area contributed by atoms with Crippen LogP contribution >= 0.6 is 22.6 Å². The van der Waals surface area contributed by atoms with Crippen LogP contribution in [0, 0.1) is 15.2 Å². The van der Waals surface area contributed by atoms with Crippen molar-refractivity contribution in [2.75, 3.05) is 0 Å². The molecule has 84 valence electrons. The summed E-state index contributed by atoms with van der Waals surface area (Å²) in [6.07, 6.45) is -4.72. The molecule has 0 unspecified atom stereocenters. The van der Waals surface area contributed by atoms with Gasteiger partial charge in [0.2, 0.25) is 0 Å². The quantitative estimate of drug-likeness (QED) is 0.476. The maximum Gasteiger partial charge on any atom is 0.407 e. The number of rotatable bonds is 1. The highest BCUT2D eigenvalue weighted by Gasteiger charge is 2.38. The Morgan fingerprint density at radius 1 is 1.13 bits per heavy atom. The minimum absolute atomic E-state index is 0.356. The second-order valence-electron chi connectivity index (χ2n) is 2.82. The molecular formula is C8H5F5IN. The van der Waals surface area contributed by atoms with Crippen LogP contribution in [-0.4, -0.2) is 6.18 Å². The molecule has 1 aromatic rings. The van der Waals surface area contributed by atoms with Gasteiger partial charge < -0.3 is 5.73 Å².